The van der Waals surface area contributed by atoms with E-state index < -0.39 is 5.54 Å². The summed E-state index contributed by atoms with van der Waals surface area (Å²) in [5.41, 5.74) is 1.54. The molecule has 1 aliphatic heterocycles. The molecular weight excluding hydrogens is 314 g/mol. The standard InChI is InChI=1S/C20H31N3O2/c1-14-4-6-16(7-5-14)23-20(2,3)19(24)22-18-9-8-17(18)21-15-10-12-25-13-11-15/h4-7,15,17-18,21,23H,8-13H2,1-3H3,(H,22,24)/t17-,18+/m1/s1. The van der Waals surface area contributed by atoms with Crippen LogP contribution in [0.3, 0.4) is 0 Å². The van der Waals surface area contributed by atoms with Gasteiger partial charge in [0.05, 0.1) is 0 Å². The van der Waals surface area contributed by atoms with Crippen molar-refractivity contribution in [3.8, 4) is 0 Å². The summed E-state index contributed by atoms with van der Waals surface area (Å²) in [7, 11) is 0. The van der Waals surface area contributed by atoms with E-state index >= 15 is 0 Å². The van der Waals surface area contributed by atoms with Crippen molar-refractivity contribution < 1.29 is 9.53 Å². The summed E-state index contributed by atoms with van der Waals surface area (Å²) in [6, 6.07) is 9.28. The number of benzene rings is 1. The van der Waals surface area contributed by atoms with E-state index in [0.717, 1.165) is 44.6 Å². The molecule has 25 heavy (non-hydrogen) atoms. The van der Waals surface area contributed by atoms with Crippen molar-refractivity contribution in [1.82, 2.24) is 10.6 Å². The molecule has 5 heteroatoms. The molecule has 0 unspecified atom stereocenters. The smallest absolute Gasteiger partial charge is 0.245 e. The second kappa shape index (κ2) is 7.75. The van der Waals surface area contributed by atoms with Gasteiger partial charge in [0.25, 0.3) is 0 Å². The van der Waals surface area contributed by atoms with E-state index in [2.05, 4.69) is 35.0 Å². The molecule has 3 rings (SSSR count). The SMILES string of the molecule is Cc1ccc(NC(C)(C)C(=O)N[C@H]2CC[C@H]2NC2CCOCC2)cc1. The lowest BCUT2D eigenvalue weighted by molar-refractivity contribution is -0.126. The van der Waals surface area contributed by atoms with Crippen LogP contribution in [0.15, 0.2) is 24.3 Å². The predicted octanol–water partition coefficient (Wildman–Crippen LogP) is 2.60. The van der Waals surface area contributed by atoms with E-state index in [1.165, 1.54) is 5.56 Å². The first-order chi connectivity index (χ1) is 11.9. The van der Waals surface area contributed by atoms with Gasteiger partial charge in [-0.15, -0.1) is 0 Å². The second-order valence-corrected chi connectivity index (χ2v) is 7.93. The Labute approximate surface area is 150 Å². The van der Waals surface area contributed by atoms with Gasteiger partial charge in [0.15, 0.2) is 0 Å². The van der Waals surface area contributed by atoms with Crippen LogP contribution in [0.2, 0.25) is 0 Å². The fourth-order valence-electron chi connectivity index (χ4n) is 3.44. The lowest BCUT2D eigenvalue weighted by Crippen LogP contribution is -2.62. The molecule has 1 aromatic carbocycles. The third-order valence-corrected chi connectivity index (χ3v) is 5.34. The highest BCUT2D eigenvalue weighted by Crippen LogP contribution is 2.24. The maximum atomic E-state index is 12.8. The van der Waals surface area contributed by atoms with Crippen molar-refractivity contribution in [3.63, 3.8) is 0 Å². The molecule has 1 aromatic rings. The summed E-state index contributed by atoms with van der Waals surface area (Å²) in [5, 5.41) is 10.3. The predicted molar refractivity (Wildman–Crippen MR) is 101 cm³/mol. The molecule has 2 atom stereocenters. The summed E-state index contributed by atoms with van der Waals surface area (Å²) in [6.45, 7) is 7.61. The van der Waals surface area contributed by atoms with Crippen molar-refractivity contribution in [3.05, 3.63) is 29.8 Å². The van der Waals surface area contributed by atoms with Gasteiger partial charge in [-0.1, -0.05) is 17.7 Å². The molecule has 0 bridgehead atoms. The number of aryl methyl sites for hydroxylation is 1. The van der Waals surface area contributed by atoms with Gasteiger partial charge in [0, 0.05) is 37.0 Å². The van der Waals surface area contributed by atoms with Gasteiger partial charge in [-0.2, -0.15) is 0 Å². The average Bonchev–Trinajstić information content (AvgIpc) is 2.59. The zero-order valence-corrected chi connectivity index (χ0v) is 15.6. The molecule has 1 saturated heterocycles. The molecule has 0 radical (unpaired) electrons. The molecule has 1 amide bonds. The zero-order chi connectivity index (χ0) is 17.9. The Morgan fingerprint density at radius 3 is 2.28 bits per heavy atom. The van der Waals surface area contributed by atoms with Crippen molar-refractivity contribution >= 4 is 11.6 Å². The normalized spacial score (nSPS) is 24.4. The molecule has 138 valence electrons. The van der Waals surface area contributed by atoms with E-state index in [9.17, 15) is 4.79 Å². The van der Waals surface area contributed by atoms with E-state index in [1.807, 2.05) is 26.0 Å². The fraction of sp³-hybridized carbons (Fsp3) is 0.650. The van der Waals surface area contributed by atoms with Crippen LogP contribution in [0, 0.1) is 6.92 Å². The van der Waals surface area contributed by atoms with Gasteiger partial charge in [0.2, 0.25) is 5.91 Å². The first-order valence-corrected chi connectivity index (χ1v) is 9.44. The van der Waals surface area contributed by atoms with Crippen LogP contribution in [0.4, 0.5) is 5.69 Å². The minimum absolute atomic E-state index is 0.0524. The summed E-state index contributed by atoms with van der Waals surface area (Å²) < 4.78 is 5.41. The van der Waals surface area contributed by atoms with E-state index in [4.69, 9.17) is 4.74 Å². The highest BCUT2D eigenvalue weighted by molar-refractivity contribution is 5.88. The number of ether oxygens (including phenoxy) is 1. The summed E-state index contributed by atoms with van der Waals surface area (Å²) in [6.07, 6.45) is 4.32. The molecule has 0 spiro atoms. The van der Waals surface area contributed by atoms with Crippen LogP contribution in [0.5, 0.6) is 0 Å². The maximum Gasteiger partial charge on any atom is 0.245 e. The molecule has 2 fully saturated rings. The van der Waals surface area contributed by atoms with Crippen molar-refractivity contribution in [2.45, 2.75) is 70.1 Å². The van der Waals surface area contributed by atoms with Crippen LogP contribution in [-0.4, -0.2) is 42.8 Å². The molecule has 0 aromatic heterocycles. The largest absolute Gasteiger partial charge is 0.381 e. The Morgan fingerprint density at radius 2 is 1.68 bits per heavy atom. The van der Waals surface area contributed by atoms with Crippen LogP contribution in [-0.2, 0) is 9.53 Å². The molecule has 1 aliphatic carbocycles. The van der Waals surface area contributed by atoms with Gasteiger partial charge < -0.3 is 20.7 Å². The van der Waals surface area contributed by atoms with Crippen molar-refractivity contribution in [2.75, 3.05) is 18.5 Å². The number of nitrogens with one attached hydrogen (secondary N) is 3. The first-order valence-electron chi connectivity index (χ1n) is 9.44. The number of rotatable bonds is 6. The molecule has 1 heterocycles. The van der Waals surface area contributed by atoms with E-state index in [-0.39, 0.29) is 11.9 Å². The lowest BCUT2D eigenvalue weighted by Gasteiger charge is -2.42. The average molecular weight is 345 g/mol. The molecule has 2 aliphatic rings. The molecule has 3 N–H and O–H groups in total. The Hall–Kier alpha value is -1.59. The lowest BCUT2D eigenvalue weighted by atomic mass is 9.84. The number of carbonyl (C=O) groups excluding carboxylic acids is 1. The first kappa shape index (κ1) is 18.2. The van der Waals surface area contributed by atoms with Gasteiger partial charge in [-0.05, 0) is 58.6 Å². The highest BCUT2D eigenvalue weighted by Gasteiger charge is 2.37. The number of hydrogen-bond donors (Lipinski definition) is 3. The maximum absolute atomic E-state index is 12.8. The number of amides is 1. The zero-order valence-electron chi connectivity index (χ0n) is 15.6. The number of hydrogen-bond acceptors (Lipinski definition) is 4. The third-order valence-electron chi connectivity index (χ3n) is 5.34. The van der Waals surface area contributed by atoms with Crippen molar-refractivity contribution in [1.29, 1.82) is 0 Å². The quantitative estimate of drug-likeness (QED) is 0.742. The van der Waals surface area contributed by atoms with E-state index in [0.29, 0.717) is 12.1 Å². The topological polar surface area (TPSA) is 62.4 Å². The van der Waals surface area contributed by atoms with Crippen molar-refractivity contribution in [2.24, 2.45) is 0 Å². The van der Waals surface area contributed by atoms with Gasteiger partial charge >= 0.3 is 0 Å². The summed E-state index contributed by atoms with van der Waals surface area (Å²) >= 11 is 0. The highest BCUT2D eigenvalue weighted by atomic mass is 16.5. The Bertz CT molecular complexity index is 579. The van der Waals surface area contributed by atoms with Crippen LogP contribution in [0.1, 0.15) is 45.1 Å². The third kappa shape index (κ3) is 4.73. The van der Waals surface area contributed by atoms with E-state index in [1.54, 1.807) is 0 Å². The molecule has 5 nitrogen and oxygen atoms in total. The number of carbonyl (C=O) groups is 1. The Balaban J connectivity index is 1.50. The minimum atomic E-state index is -0.645. The minimum Gasteiger partial charge on any atom is -0.381 e. The van der Waals surface area contributed by atoms with Crippen LogP contribution >= 0.6 is 0 Å². The van der Waals surface area contributed by atoms with Gasteiger partial charge in [-0.25, -0.2) is 0 Å². The van der Waals surface area contributed by atoms with Crippen LogP contribution < -0.4 is 16.0 Å². The van der Waals surface area contributed by atoms with Crippen LogP contribution in [0.25, 0.3) is 0 Å². The molecular formula is C20H31N3O2. The Kier molecular flexibility index (Phi) is 5.64. The summed E-state index contributed by atoms with van der Waals surface area (Å²) in [4.78, 5) is 12.8. The second-order valence-electron chi connectivity index (χ2n) is 7.93. The number of anilines is 1. The monoisotopic (exact) mass is 345 g/mol. The summed E-state index contributed by atoms with van der Waals surface area (Å²) in [5.74, 6) is 0.0524. The van der Waals surface area contributed by atoms with Gasteiger partial charge in [0.1, 0.15) is 5.54 Å². The fourth-order valence-corrected chi connectivity index (χ4v) is 3.44. The molecule has 1 saturated carbocycles. The Morgan fingerprint density at radius 1 is 1.04 bits per heavy atom. The van der Waals surface area contributed by atoms with Gasteiger partial charge in [-0.3, -0.25) is 4.79 Å².